The first kappa shape index (κ1) is 11.4. The maximum Gasteiger partial charge on any atom is 0.330 e. The van der Waals surface area contributed by atoms with E-state index in [1.54, 1.807) is 38.1 Å². The van der Waals surface area contributed by atoms with Crippen molar-refractivity contribution in [3.63, 3.8) is 0 Å². The Bertz CT molecular complexity index is 653. The van der Waals surface area contributed by atoms with Gasteiger partial charge in [-0.3, -0.25) is 18.6 Å². The summed E-state index contributed by atoms with van der Waals surface area (Å²) in [6, 6.07) is 0. The van der Waals surface area contributed by atoms with E-state index >= 15 is 0 Å². The van der Waals surface area contributed by atoms with Crippen LogP contribution in [-0.4, -0.2) is 18.9 Å². The average Bonchev–Trinajstić information content (AvgIpc) is 2.71. The number of aromatic nitrogens is 4. The van der Waals surface area contributed by atoms with E-state index in [1.165, 1.54) is 11.6 Å². The Balaban J connectivity index is 2.88. The van der Waals surface area contributed by atoms with Gasteiger partial charge in [0.15, 0.2) is 0 Å². The molecule has 17 heavy (non-hydrogen) atoms. The SMILES string of the molecule is Cc1c(-c2cnn(C)c2)n(C)c(=O)n(C)c1=O. The number of nitrogens with zero attached hydrogens (tertiary/aromatic N) is 4. The second-order valence-electron chi connectivity index (χ2n) is 4.08. The van der Waals surface area contributed by atoms with Gasteiger partial charge in [-0.25, -0.2) is 4.79 Å². The second kappa shape index (κ2) is 3.73. The van der Waals surface area contributed by atoms with Crippen molar-refractivity contribution >= 4 is 0 Å². The lowest BCUT2D eigenvalue weighted by Crippen LogP contribution is -2.39. The van der Waals surface area contributed by atoms with Crippen LogP contribution in [0.3, 0.4) is 0 Å². The summed E-state index contributed by atoms with van der Waals surface area (Å²) in [6.45, 7) is 1.71. The van der Waals surface area contributed by atoms with Crippen molar-refractivity contribution in [2.24, 2.45) is 21.1 Å². The van der Waals surface area contributed by atoms with Gasteiger partial charge in [0.25, 0.3) is 5.56 Å². The summed E-state index contributed by atoms with van der Waals surface area (Å²) in [5.74, 6) is 0. The summed E-state index contributed by atoms with van der Waals surface area (Å²) >= 11 is 0. The van der Waals surface area contributed by atoms with Gasteiger partial charge in [0, 0.05) is 38.5 Å². The molecule has 0 saturated carbocycles. The Kier molecular flexibility index (Phi) is 2.49. The van der Waals surface area contributed by atoms with Gasteiger partial charge in [-0.1, -0.05) is 0 Å². The molecule has 0 aromatic carbocycles. The van der Waals surface area contributed by atoms with Gasteiger partial charge in [-0.2, -0.15) is 5.10 Å². The molecule has 0 spiro atoms. The van der Waals surface area contributed by atoms with E-state index in [0.717, 1.165) is 10.1 Å². The van der Waals surface area contributed by atoms with Crippen LogP contribution in [0.5, 0.6) is 0 Å². The molecule has 2 rings (SSSR count). The molecule has 0 aliphatic heterocycles. The molecule has 0 amide bonds. The minimum Gasteiger partial charge on any atom is -0.296 e. The van der Waals surface area contributed by atoms with Gasteiger partial charge in [-0.15, -0.1) is 0 Å². The van der Waals surface area contributed by atoms with Crippen molar-refractivity contribution in [2.45, 2.75) is 6.92 Å². The number of aryl methyl sites for hydroxylation is 1. The molecule has 0 aliphatic carbocycles. The molecule has 2 heterocycles. The highest BCUT2D eigenvalue weighted by Gasteiger charge is 2.14. The normalized spacial score (nSPS) is 10.8. The van der Waals surface area contributed by atoms with Crippen molar-refractivity contribution < 1.29 is 0 Å². The van der Waals surface area contributed by atoms with Crippen molar-refractivity contribution in [3.05, 3.63) is 38.8 Å². The van der Waals surface area contributed by atoms with Crippen molar-refractivity contribution in [3.8, 4) is 11.3 Å². The zero-order chi connectivity index (χ0) is 12.7. The molecule has 0 N–H and O–H groups in total. The van der Waals surface area contributed by atoms with Crippen LogP contribution in [0.15, 0.2) is 22.0 Å². The molecular weight excluding hydrogens is 220 g/mol. The Hall–Kier alpha value is -2.11. The first-order chi connectivity index (χ1) is 7.93. The lowest BCUT2D eigenvalue weighted by atomic mass is 10.1. The van der Waals surface area contributed by atoms with Gasteiger partial charge in [0.1, 0.15) is 0 Å². The molecular formula is C11H14N4O2. The summed E-state index contributed by atoms with van der Waals surface area (Å²) in [6.07, 6.45) is 3.42. The Labute approximate surface area is 97.7 Å². The van der Waals surface area contributed by atoms with E-state index < -0.39 is 0 Å². The fraction of sp³-hybridized carbons (Fsp3) is 0.364. The first-order valence-electron chi connectivity index (χ1n) is 5.19. The van der Waals surface area contributed by atoms with E-state index in [4.69, 9.17) is 0 Å². The maximum atomic E-state index is 11.9. The molecule has 0 saturated heterocycles. The fourth-order valence-electron chi connectivity index (χ4n) is 1.97. The van der Waals surface area contributed by atoms with Crippen LogP contribution in [-0.2, 0) is 21.1 Å². The molecule has 0 atom stereocenters. The highest BCUT2D eigenvalue weighted by molar-refractivity contribution is 5.61. The molecule has 2 aromatic heterocycles. The van der Waals surface area contributed by atoms with Crippen LogP contribution < -0.4 is 11.2 Å². The number of rotatable bonds is 1. The maximum absolute atomic E-state index is 11.9. The van der Waals surface area contributed by atoms with Crippen LogP contribution in [0, 0.1) is 6.92 Å². The number of hydrogen-bond donors (Lipinski definition) is 0. The first-order valence-corrected chi connectivity index (χ1v) is 5.19. The zero-order valence-electron chi connectivity index (χ0n) is 10.3. The van der Waals surface area contributed by atoms with Crippen LogP contribution in [0.25, 0.3) is 11.3 Å². The molecule has 6 nitrogen and oxygen atoms in total. The van der Waals surface area contributed by atoms with Crippen molar-refractivity contribution in [1.82, 2.24) is 18.9 Å². The highest BCUT2D eigenvalue weighted by Crippen LogP contribution is 2.17. The lowest BCUT2D eigenvalue weighted by Gasteiger charge is -2.11. The minimum atomic E-state index is -0.334. The van der Waals surface area contributed by atoms with E-state index in [9.17, 15) is 9.59 Å². The molecule has 0 bridgehead atoms. The predicted molar refractivity (Wildman–Crippen MR) is 63.9 cm³/mol. The largest absolute Gasteiger partial charge is 0.330 e. The molecule has 90 valence electrons. The van der Waals surface area contributed by atoms with Gasteiger partial charge in [-0.05, 0) is 6.92 Å². The molecule has 0 aliphatic rings. The molecule has 0 radical (unpaired) electrons. The van der Waals surface area contributed by atoms with Crippen LogP contribution >= 0.6 is 0 Å². The van der Waals surface area contributed by atoms with Gasteiger partial charge in [0.05, 0.1) is 11.9 Å². The predicted octanol–water partition coefficient (Wildman–Crippen LogP) is -0.207. The number of hydrogen-bond acceptors (Lipinski definition) is 3. The third-order valence-electron chi connectivity index (χ3n) is 2.87. The summed E-state index contributed by atoms with van der Waals surface area (Å²) in [5, 5.41) is 4.05. The average molecular weight is 234 g/mol. The minimum absolute atomic E-state index is 0.271. The van der Waals surface area contributed by atoms with E-state index in [2.05, 4.69) is 5.10 Å². The van der Waals surface area contributed by atoms with Crippen LogP contribution in [0.2, 0.25) is 0 Å². The third kappa shape index (κ3) is 1.61. The van der Waals surface area contributed by atoms with Gasteiger partial charge in [0.2, 0.25) is 0 Å². The third-order valence-corrected chi connectivity index (χ3v) is 2.87. The summed E-state index contributed by atoms with van der Waals surface area (Å²) in [4.78, 5) is 23.7. The Morgan fingerprint density at radius 2 is 1.76 bits per heavy atom. The zero-order valence-corrected chi connectivity index (χ0v) is 10.3. The van der Waals surface area contributed by atoms with Gasteiger partial charge < -0.3 is 0 Å². The van der Waals surface area contributed by atoms with Gasteiger partial charge >= 0.3 is 5.69 Å². The standard InChI is InChI=1S/C11H14N4O2/c1-7-9(8-5-12-13(2)6-8)14(3)11(17)15(4)10(7)16/h5-6H,1-4H3. The fourth-order valence-corrected chi connectivity index (χ4v) is 1.97. The van der Waals surface area contributed by atoms with E-state index in [0.29, 0.717) is 11.3 Å². The van der Waals surface area contributed by atoms with Crippen LogP contribution in [0.4, 0.5) is 0 Å². The summed E-state index contributed by atoms with van der Waals surface area (Å²) in [7, 11) is 4.92. The summed E-state index contributed by atoms with van der Waals surface area (Å²) < 4.78 is 4.21. The Morgan fingerprint density at radius 1 is 1.12 bits per heavy atom. The smallest absolute Gasteiger partial charge is 0.296 e. The molecule has 2 aromatic rings. The van der Waals surface area contributed by atoms with Crippen molar-refractivity contribution in [2.75, 3.05) is 0 Å². The van der Waals surface area contributed by atoms with Crippen LogP contribution in [0.1, 0.15) is 5.56 Å². The summed E-state index contributed by atoms with van der Waals surface area (Å²) in [5.41, 5.74) is 1.32. The highest BCUT2D eigenvalue weighted by atomic mass is 16.2. The van der Waals surface area contributed by atoms with Crippen molar-refractivity contribution in [1.29, 1.82) is 0 Å². The van der Waals surface area contributed by atoms with E-state index in [1.807, 2.05) is 0 Å². The molecule has 0 unspecified atom stereocenters. The second-order valence-corrected chi connectivity index (χ2v) is 4.08. The Morgan fingerprint density at radius 3 is 2.29 bits per heavy atom. The monoisotopic (exact) mass is 234 g/mol. The van der Waals surface area contributed by atoms with E-state index in [-0.39, 0.29) is 11.2 Å². The lowest BCUT2D eigenvalue weighted by molar-refractivity contribution is 0.683. The topological polar surface area (TPSA) is 61.8 Å². The quantitative estimate of drug-likeness (QED) is 0.686. The molecule has 0 fully saturated rings. The molecule has 6 heteroatoms.